The van der Waals surface area contributed by atoms with Gasteiger partial charge in [0, 0.05) is 23.0 Å². The summed E-state index contributed by atoms with van der Waals surface area (Å²) < 4.78 is 5.96. The zero-order chi connectivity index (χ0) is 22.4. The quantitative estimate of drug-likeness (QED) is 0.170. The lowest BCUT2D eigenvalue weighted by Crippen LogP contribution is -2.40. The van der Waals surface area contributed by atoms with Crippen LogP contribution >= 0.6 is 15.9 Å². The summed E-state index contributed by atoms with van der Waals surface area (Å²) in [6.07, 6.45) is 7.75. The van der Waals surface area contributed by atoms with Crippen LogP contribution in [0.4, 0.5) is 0 Å². The molecule has 2 amide bonds. The van der Waals surface area contributed by atoms with E-state index in [9.17, 15) is 19.2 Å². The first-order valence-electron chi connectivity index (χ1n) is 11.4. The lowest BCUT2D eigenvalue weighted by molar-refractivity contribution is -0.143. The van der Waals surface area contributed by atoms with E-state index >= 15 is 0 Å². The molecular formula is C25H26BrNO5. The molecule has 6 rings (SSSR count). The summed E-state index contributed by atoms with van der Waals surface area (Å²) in [6.45, 7) is 0.162. The SMILES string of the molecule is O=C(CCCCCN1C(=O)[C@@H]2[C@H]3C=C[C@@H]([C@@H]4C[C@@H]34)[C@@H]2C1=O)OCC(=O)c1ccc(Br)cc1. The van der Waals surface area contributed by atoms with Gasteiger partial charge < -0.3 is 4.74 Å². The molecule has 0 unspecified atom stereocenters. The van der Waals surface area contributed by atoms with Gasteiger partial charge in [-0.3, -0.25) is 24.1 Å². The second kappa shape index (κ2) is 8.58. The molecule has 1 aliphatic heterocycles. The first-order chi connectivity index (χ1) is 15.5. The molecule has 7 heteroatoms. The van der Waals surface area contributed by atoms with E-state index in [-0.39, 0.29) is 54.3 Å². The van der Waals surface area contributed by atoms with Crippen LogP contribution in [0.5, 0.6) is 0 Å². The van der Waals surface area contributed by atoms with Crippen molar-refractivity contribution in [1.29, 1.82) is 0 Å². The van der Waals surface area contributed by atoms with Crippen LogP contribution in [-0.4, -0.2) is 41.6 Å². The molecule has 6 nitrogen and oxygen atoms in total. The van der Waals surface area contributed by atoms with Crippen molar-refractivity contribution in [1.82, 2.24) is 4.90 Å². The molecule has 0 N–H and O–H groups in total. The first-order valence-corrected chi connectivity index (χ1v) is 12.2. The number of esters is 1. The monoisotopic (exact) mass is 499 g/mol. The minimum atomic E-state index is -0.406. The van der Waals surface area contributed by atoms with Gasteiger partial charge in [0.2, 0.25) is 11.8 Å². The summed E-state index contributed by atoms with van der Waals surface area (Å²) in [5, 5.41) is 0. The smallest absolute Gasteiger partial charge is 0.306 e. The van der Waals surface area contributed by atoms with Crippen LogP contribution in [-0.2, 0) is 19.1 Å². The standard InChI is InChI=1S/C25H26BrNO5/c26-15-7-5-14(6-8-15)20(28)13-32-21(29)4-2-1-3-11-27-24(30)22-16-9-10-17(19-12-18(16)19)23(22)25(27)31/h5-10,16-19,22-23H,1-4,11-13H2/t16-,17-,18-,19-,22-,23+/m0/s1. The predicted octanol–water partition coefficient (Wildman–Crippen LogP) is 3.79. The van der Waals surface area contributed by atoms with Crippen molar-refractivity contribution >= 4 is 39.5 Å². The normalized spacial score (nSPS) is 31.5. The number of imide groups is 1. The van der Waals surface area contributed by atoms with E-state index in [1.165, 1.54) is 11.3 Å². The first kappa shape index (κ1) is 21.6. The second-order valence-electron chi connectivity index (χ2n) is 9.38. The number of likely N-dealkylation sites (tertiary alicyclic amines) is 1. The second-order valence-corrected chi connectivity index (χ2v) is 10.3. The maximum absolute atomic E-state index is 12.9. The highest BCUT2D eigenvalue weighted by molar-refractivity contribution is 9.10. The Morgan fingerprint density at radius 3 is 2.19 bits per heavy atom. The maximum atomic E-state index is 12.9. The number of carbonyl (C=O) groups excluding carboxylic acids is 4. The molecule has 0 radical (unpaired) electrons. The van der Waals surface area contributed by atoms with Crippen molar-refractivity contribution in [2.75, 3.05) is 13.2 Å². The number of Topliss-reactive ketones (excluding diaryl/α,β-unsaturated/α-hetero) is 1. The van der Waals surface area contributed by atoms with E-state index in [4.69, 9.17) is 4.74 Å². The Morgan fingerprint density at radius 1 is 0.938 bits per heavy atom. The molecule has 5 aliphatic rings. The number of hydrogen-bond acceptors (Lipinski definition) is 5. The Hall–Kier alpha value is -2.28. The number of rotatable bonds is 9. The number of halogens is 1. The van der Waals surface area contributed by atoms with Gasteiger partial charge in [0.05, 0.1) is 11.8 Å². The van der Waals surface area contributed by atoms with Crippen molar-refractivity contribution < 1.29 is 23.9 Å². The Labute approximate surface area is 195 Å². The van der Waals surface area contributed by atoms with Crippen molar-refractivity contribution in [3.63, 3.8) is 0 Å². The lowest BCUT2D eigenvalue weighted by Gasteiger charge is -2.37. The molecular weight excluding hydrogens is 474 g/mol. The highest BCUT2D eigenvalue weighted by atomic mass is 79.9. The van der Waals surface area contributed by atoms with Crippen LogP contribution in [0.3, 0.4) is 0 Å². The van der Waals surface area contributed by atoms with E-state index < -0.39 is 5.97 Å². The molecule has 32 heavy (non-hydrogen) atoms. The molecule has 6 atom stereocenters. The third-order valence-electron chi connectivity index (χ3n) is 7.55. The van der Waals surface area contributed by atoms with Crippen LogP contribution in [0.2, 0.25) is 0 Å². The van der Waals surface area contributed by atoms with E-state index in [0.717, 1.165) is 10.9 Å². The number of allylic oxidation sites excluding steroid dienone is 2. The Morgan fingerprint density at radius 2 is 1.56 bits per heavy atom. The number of nitrogens with zero attached hydrogens (tertiary/aromatic N) is 1. The summed E-state index contributed by atoms with van der Waals surface area (Å²) in [5.74, 6) is 0.841. The average molecular weight is 500 g/mol. The summed E-state index contributed by atoms with van der Waals surface area (Å²) in [5.41, 5.74) is 0.502. The van der Waals surface area contributed by atoms with Gasteiger partial charge in [0.1, 0.15) is 0 Å². The predicted molar refractivity (Wildman–Crippen MR) is 119 cm³/mol. The molecule has 3 fully saturated rings. The van der Waals surface area contributed by atoms with Crippen LogP contribution < -0.4 is 0 Å². The number of carbonyl (C=O) groups is 4. The Balaban J connectivity index is 1.02. The summed E-state index contributed by atoms with van der Waals surface area (Å²) in [6, 6.07) is 6.90. The number of benzene rings is 1. The minimum Gasteiger partial charge on any atom is -0.457 e. The summed E-state index contributed by atoms with van der Waals surface area (Å²) >= 11 is 3.31. The maximum Gasteiger partial charge on any atom is 0.306 e. The van der Waals surface area contributed by atoms with Crippen LogP contribution in [0.15, 0.2) is 40.9 Å². The van der Waals surface area contributed by atoms with E-state index in [1.54, 1.807) is 24.3 Å². The number of amides is 2. The largest absolute Gasteiger partial charge is 0.457 e. The van der Waals surface area contributed by atoms with Gasteiger partial charge in [-0.25, -0.2) is 0 Å². The molecule has 0 spiro atoms. The van der Waals surface area contributed by atoms with Crippen LogP contribution in [0, 0.1) is 35.5 Å². The molecule has 1 aromatic rings. The highest BCUT2D eigenvalue weighted by Gasteiger charge is 2.66. The van der Waals surface area contributed by atoms with Crippen LogP contribution in [0.1, 0.15) is 42.5 Å². The van der Waals surface area contributed by atoms with Gasteiger partial charge in [-0.05, 0) is 55.1 Å². The van der Waals surface area contributed by atoms with Crippen molar-refractivity contribution in [2.45, 2.75) is 32.1 Å². The molecule has 168 valence electrons. The number of ether oxygens (including phenoxy) is 1. The van der Waals surface area contributed by atoms with Gasteiger partial charge in [-0.2, -0.15) is 0 Å². The number of hydrogen-bond donors (Lipinski definition) is 0. The Kier molecular flexibility index (Phi) is 5.78. The molecule has 2 bridgehead atoms. The number of unbranched alkanes of at least 4 members (excludes halogenated alkanes) is 2. The fourth-order valence-electron chi connectivity index (χ4n) is 5.89. The van der Waals surface area contributed by atoms with Crippen molar-refractivity contribution in [3.05, 3.63) is 46.5 Å². The van der Waals surface area contributed by atoms with Gasteiger partial charge in [-0.15, -0.1) is 0 Å². The molecule has 1 aromatic carbocycles. The fourth-order valence-corrected chi connectivity index (χ4v) is 6.16. The van der Waals surface area contributed by atoms with Gasteiger partial charge in [-0.1, -0.05) is 46.6 Å². The number of ketones is 1. The Bertz CT molecular complexity index is 951. The minimum absolute atomic E-state index is 0.00978. The van der Waals surface area contributed by atoms with E-state index in [2.05, 4.69) is 28.1 Å². The third-order valence-corrected chi connectivity index (χ3v) is 8.08. The summed E-state index contributed by atoms with van der Waals surface area (Å²) in [4.78, 5) is 51.3. The van der Waals surface area contributed by atoms with Gasteiger partial charge in [0.15, 0.2) is 12.4 Å². The third kappa shape index (κ3) is 3.85. The summed E-state index contributed by atoms with van der Waals surface area (Å²) in [7, 11) is 0. The van der Waals surface area contributed by atoms with Crippen molar-refractivity contribution in [3.8, 4) is 0 Å². The van der Waals surface area contributed by atoms with Crippen molar-refractivity contribution in [2.24, 2.45) is 35.5 Å². The highest BCUT2D eigenvalue weighted by Crippen LogP contribution is 2.65. The van der Waals surface area contributed by atoms with Gasteiger partial charge in [0.25, 0.3) is 0 Å². The molecule has 4 aliphatic carbocycles. The lowest BCUT2D eigenvalue weighted by atomic mass is 9.63. The fraction of sp³-hybridized carbons (Fsp3) is 0.520. The molecule has 1 saturated heterocycles. The molecule has 1 heterocycles. The molecule has 2 saturated carbocycles. The average Bonchev–Trinajstić information content (AvgIpc) is 3.57. The van der Waals surface area contributed by atoms with Gasteiger partial charge >= 0.3 is 5.97 Å². The zero-order valence-electron chi connectivity index (χ0n) is 17.7. The molecule has 0 aromatic heterocycles. The van der Waals surface area contributed by atoms with E-state index in [0.29, 0.717) is 36.8 Å². The topological polar surface area (TPSA) is 80.8 Å². The van der Waals surface area contributed by atoms with Crippen LogP contribution in [0.25, 0.3) is 0 Å². The zero-order valence-corrected chi connectivity index (χ0v) is 19.3. The van der Waals surface area contributed by atoms with E-state index in [1.807, 2.05) is 0 Å².